The van der Waals surface area contributed by atoms with Crippen LogP contribution in [0.15, 0.2) is 24.3 Å². The predicted octanol–water partition coefficient (Wildman–Crippen LogP) is 2.32. The van der Waals surface area contributed by atoms with Crippen LogP contribution in [0.1, 0.15) is 38.1 Å². The summed E-state index contributed by atoms with van der Waals surface area (Å²) in [6.45, 7) is 8.27. The fourth-order valence-electron chi connectivity index (χ4n) is 1.69. The van der Waals surface area contributed by atoms with Gasteiger partial charge in [-0.15, -0.1) is 0 Å². The molecule has 6 heteroatoms. The van der Waals surface area contributed by atoms with Crippen molar-refractivity contribution in [1.82, 2.24) is 4.90 Å². The number of rotatable bonds is 6. The monoisotopic (exact) mass is 298 g/mol. The van der Waals surface area contributed by atoms with Crippen molar-refractivity contribution in [3.05, 3.63) is 29.8 Å². The van der Waals surface area contributed by atoms with Crippen LogP contribution < -0.4 is 4.72 Å². The second-order valence-electron chi connectivity index (χ2n) is 4.75. The zero-order valence-corrected chi connectivity index (χ0v) is 13.2. The van der Waals surface area contributed by atoms with E-state index in [0.29, 0.717) is 24.3 Å². The van der Waals surface area contributed by atoms with Crippen LogP contribution in [0.3, 0.4) is 0 Å². The first-order valence-electron chi connectivity index (χ1n) is 6.72. The fourth-order valence-corrected chi connectivity index (χ4v) is 2.38. The van der Waals surface area contributed by atoms with Crippen LogP contribution in [-0.4, -0.2) is 37.6 Å². The molecule has 1 aromatic rings. The minimum atomic E-state index is -3.40. The molecule has 20 heavy (non-hydrogen) atoms. The van der Waals surface area contributed by atoms with E-state index in [-0.39, 0.29) is 5.91 Å². The number of hydrogen-bond donors (Lipinski definition) is 1. The third-order valence-corrected chi connectivity index (χ3v) is 4.80. The van der Waals surface area contributed by atoms with Gasteiger partial charge in [-0.25, -0.2) is 8.42 Å². The highest BCUT2D eigenvalue weighted by Gasteiger charge is 2.17. The Morgan fingerprint density at radius 2 is 1.85 bits per heavy atom. The molecule has 0 aliphatic carbocycles. The van der Waals surface area contributed by atoms with E-state index in [1.165, 1.54) is 0 Å². The van der Waals surface area contributed by atoms with Crippen molar-refractivity contribution in [2.75, 3.05) is 17.8 Å². The molecule has 0 bridgehead atoms. The van der Waals surface area contributed by atoms with Crippen LogP contribution in [0.2, 0.25) is 0 Å². The van der Waals surface area contributed by atoms with Crippen molar-refractivity contribution in [2.24, 2.45) is 0 Å². The number of sulfonamides is 1. The van der Waals surface area contributed by atoms with Crippen LogP contribution in [0, 0.1) is 0 Å². The molecule has 112 valence electrons. The lowest BCUT2D eigenvalue weighted by Crippen LogP contribution is -2.30. The normalized spacial score (nSPS) is 11.4. The van der Waals surface area contributed by atoms with Gasteiger partial charge in [0.15, 0.2) is 0 Å². The molecule has 0 saturated carbocycles. The van der Waals surface area contributed by atoms with Gasteiger partial charge in [-0.1, -0.05) is 6.07 Å². The third-order valence-electron chi connectivity index (χ3n) is 3.04. The summed E-state index contributed by atoms with van der Waals surface area (Å²) in [6, 6.07) is 6.57. The topological polar surface area (TPSA) is 66.5 Å². The van der Waals surface area contributed by atoms with Gasteiger partial charge < -0.3 is 4.90 Å². The number of carbonyl (C=O) groups is 1. The first kappa shape index (κ1) is 16.5. The van der Waals surface area contributed by atoms with Crippen LogP contribution >= 0.6 is 0 Å². The van der Waals surface area contributed by atoms with Crippen LogP contribution in [0.4, 0.5) is 5.69 Å². The van der Waals surface area contributed by atoms with E-state index < -0.39 is 15.3 Å². The molecule has 0 aromatic heterocycles. The Bertz CT molecular complexity index is 564. The van der Waals surface area contributed by atoms with Gasteiger partial charge >= 0.3 is 0 Å². The molecule has 5 nitrogen and oxygen atoms in total. The first-order valence-corrected chi connectivity index (χ1v) is 8.27. The van der Waals surface area contributed by atoms with Gasteiger partial charge in [0.1, 0.15) is 0 Å². The summed E-state index contributed by atoms with van der Waals surface area (Å²) in [7, 11) is -3.40. The first-order chi connectivity index (χ1) is 9.31. The number of nitrogens with zero attached hydrogens (tertiary/aromatic N) is 1. The summed E-state index contributed by atoms with van der Waals surface area (Å²) < 4.78 is 26.1. The van der Waals surface area contributed by atoms with Gasteiger partial charge in [0.05, 0.1) is 5.25 Å². The second-order valence-corrected chi connectivity index (χ2v) is 6.99. The average molecular weight is 298 g/mol. The summed E-state index contributed by atoms with van der Waals surface area (Å²) in [6.07, 6.45) is 0. The molecule has 1 rings (SSSR count). The van der Waals surface area contributed by atoms with Crippen LogP contribution in [0.5, 0.6) is 0 Å². The largest absolute Gasteiger partial charge is 0.339 e. The Kier molecular flexibility index (Phi) is 5.56. The van der Waals surface area contributed by atoms with Gasteiger partial charge in [0, 0.05) is 24.3 Å². The van der Waals surface area contributed by atoms with Crippen molar-refractivity contribution in [3.8, 4) is 0 Å². The molecule has 0 aliphatic heterocycles. The van der Waals surface area contributed by atoms with E-state index >= 15 is 0 Å². The Balaban J connectivity index is 3.00. The second kappa shape index (κ2) is 6.74. The van der Waals surface area contributed by atoms with Crippen LogP contribution in [0.25, 0.3) is 0 Å². The minimum absolute atomic E-state index is 0.0967. The van der Waals surface area contributed by atoms with Crippen molar-refractivity contribution in [1.29, 1.82) is 0 Å². The van der Waals surface area contributed by atoms with Crippen molar-refractivity contribution in [3.63, 3.8) is 0 Å². The molecule has 0 unspecified atom stereocenters. The van der Waals surface area contributed by atoms with E-state index in [2.05, 4.69) is 4.72 Å². The molecular formula is C14H22N2O3S. The molecule has 1 amide bonds. The maximum absolute atomic E-state index is 12.2. The summed E-state index contributed by atoms with van der Waals surface area (Å²) in [4.78, 5) is 13.9. The van der Waals surface area contributed by atoms with Gasteiger partial charge in [-0.2, -0.15) is 0 Å². The van der Waals surface area contributed by atoms with Gasteiger partial charge in [-0.3, -0.25) is 9.52 Å². The van der Waals surface area contributed by atoms with E-state index in [0.717, 1.165) is 0 Å². The number of benzene rings is 1. The highest BCUT2D eigenvalue weighted by molar-refractivity contribution is 7.93. The number of anilines is 1. The van der Waals surface area contributed by atoms with E-state index in [4.69, 9.17) is 0 Å². The van der Waals surface area contributed by atoms with Crippen LogP contribution in [-0.2, 0) is 10.0 Å². The van der Waals surface area contributed by atoms with Crippen molar-refractivity contribution < 1.29 is 13.2 Å². The fraction of sp³-hybridized carbons (Fsp3) is 0.500. The molecule has 0 atom stereocenters. The summed E-state index contributed by atoms with van der Waals surface area (Å²) in [5.74, 6) is -0.0967. The zero-order valence-electron chi connectivity index (χ0n) is 12.4. The lowest BCUT2D eigenvalue weighted by atomic mass is 10.2. The van der Waals surface area contributed by atoms with Crippen molar-refractivity contribution >= 4 is 21.6 Å². The smallest absolute Gasteiger partial charge is 0.253 e. The van der Waals surface area contributed by atoms with Gasteiger partial charge in [0.2, 0.25) is 10.0 Å². The Hall–Kier alpha value is -1.56. The quantitative estimate of drug-likeness (QED) is 0.876. The highest BCUT2D eigenvalue weighted by atomic mass is 32.2. The molecule has 0 aliphatic rings. The minimum Gasteiger partial charge on any atom is -0.339 e. The summed E-state index contributed by atoms with van der Waals surface area (Å²) in [5, 5.41) is -0.523. The lowest BCUT2D eigenvalue weighted by Gasteiger charge is -2.19. The Morgan fingerprint density at radius 3 is 2.35 bits per heavy atom. The predicted molar refractivity (Wildman–Crippen MR) is 81.4 cm³/mol. The van der Waals surface area contributed by atoms with E-state index in [9.17, 15) is 13.2 Å². The SMILES string of the molecule is CCN(CC)C(=O)c1cccc(NS(=O)(=O)C(C)C)c1. The Labute approximate surface area is 121 Å². The molecule has 0 fully saturated rings. The lowest BCUT2D eigenvalue weighted by molar-refractivity contribution is 0.0773. The average Bonchev–Trinajstić information content (AvgIpc) is 2.39. The molecule has 0 heterocycles. The number of nitrogens with one attached hydrogen (secondary N) is 1. The van der Waals surface area contributed by atoms with Gasteiger partial charge in [-0.05, 0) is 45.9 Å². The van der Waals surface area contributed by atoms with Crippen molar-refractivity contribution in [2.45, 2.75) is 32.9 Å². The summed E-state index contributed by atoms with van der Waals surface area (Å²) in [5.41, 5.74) is 0.898. The maximum atomic E-state index is 12.2. The third kappa shape index (κ3) is 3.96. The maximum Gasteiger partial charge on any atom is 0.253 e. The van der Waals surface area contributed by atoms with E-state index in [1.807, 2.05) is 13.8 Å². The molecule has 1 N–H and O–H groups in total. The number of amides is 1. The molecule has 1 aromatic carbocycles. The molecule has 0 radical (unpaired) electrons. The standard InChI is InChI=1S/C14H22N2O3S/c1-5-16(6-2)14(17)12-8-7-9-13(10-12)15-20(18,19)11(3)4/h7-11,15H,5-6H2,1-4H3. The zero-order chi connectivity index (χ0) is 15.3. The number of carbonyl (C=O) groups excluding carboxylic acids is 1. The highest BCUT2D eigenvalue weighted by Crippen LogP contribution is 2.15. The Morgan fingerprint density at radius 1 is 1.25 bits per heavy atom. The molecule has 0 saturated heterocycles. The molecule has 0 spiro atoms. The van der Waals surface area contributed by atoms with Gasteiger partial charge in [0.25, 0.3) is 5.91 Å². The van der Waals surface area contributed by atoms with E-state index in [1.54, 1.807) is 43.0 Å². The summed E-state index contributed by atoms with van der Waals surface area (Å²) >= 11 is 0. The molecular weight excluding hydrogens is 276 g/mol. The number of hydrogen-bond acceptors (Lipinski definition) is 3.